The molecule has 0 aromatic heterocycles. The maximum Gasteiger partial charge on any atom is 0.257 e. The number of carbonyl (C=O) groups is 7. The van der Waals surface area contributed by atoms with Gasteiger partial charge in [-0.25, -0.2) is 0 Å². The molecule has 0 fully saturated rings. The fourth-order valence-corrected chi connectivity index (χ4v) is 7.79. The van der Waals surface area contributed by atoms with Crippen molar-refractivity contribution in [1.29, 1.82) is 0 Å². The Morgan fingerprint density at radius 3 is 1.90 bits per heavy atom. The van der Waals surface area contributed by atoms with Crippen molar-refractivity contribution < 1.29 is 54.0 Å². The van der Waals surface area contributed by atoms with Gasteiger partial charge in [-0.3, -0.25) is 33.6 Å². The highest BCUT2D eigenvalue weighted by Gasteiger charge is 2.34. The van der Waals surface area contributed by atoms with E-state index in [1.54, 1.807) is 6.92 Å². The lowest BCUT2D eigenvalue weighted by Crippen LogP contribution is -2.59. The fraction of sp³-hybridized carbons (Fsp3) is 0.604. The molecule has 7 amide bonds. The van der Waals surface area contributed by atoms with Crippen LogP contribution in [-0.4, -0.2) is 136 Å². The average Bonchev–Trinajstić information content (AvgIpc) is 3.30. The number of hydrogen-bond acceptors (Lipinski definition) is 12. The van der Waals surface area contributed by atoms with E-state index in [-0.39, 0.29) is 53.5 Å². The summed E-state index contributed by atoms with van der Waals surface area (Å²) in [4.78, 5) is 95.7. The number of unbranched alkanes of at least 4 members (excludes halogenated alkanes) is 12. The largest absolute Gasteiger partial charge is 0.507 e. The van der Waals surface area contributed by atoms with E-state index in [1.165, 1.54) is 109 Å². The molecule has 6 atom stereocenters. The predicted octanol–water partition coefficient (Wildman–Crippen LogP) is 2.12. The lowest BCUT2D eigenvalue weighted by atomic mass is 9.93. The quantitative estimate of drug-likeness (QED) is 0.0506. The molecule has 0 saturated carbocycles. The summed E-state index contributed by atoms with van der Waals surface area (Å²) in [7, 11) is 2.64. The minimum Gasteiger partial charge on any atom is -0.507 e. The Bertz CT molecular complexity index is 1980. The SMILES string of the molecule is CCCCCCCCCCCCCCCC(=O)N(C)[C@H](CO)C(=O)N[C@H](N)C(=O)NCC(=O)N(C)[C@@H]1C(=O)N[C@@H](C)C(=O)N[C@H](C(=O)N[C@@H](C)CO)Cc2ccc(O)c(c2)-c2cc1ccc2O. The van der Waals surface area contributed by atoms with Gasteiger partial charge >= 0.3 is 0 Å². The Morgan fingerprint density at radius 2 is 1.31 bits per heavy atom. The highest BCUT2D eigenvalue weighted by atomic mass is 16.3. The van der Waals surface area contributed by atoms with Crippen molar-refractivity contribution >= 4 is 41.4 Å². The molecule has 1 heterocycles. The molecular formula is C48H74N8O11. The van der Waals surface area contributed by atoms with E-state index in [4.69, 9.17) is 5.73 Å². The summed E-state index contributed by atoms with van der Waals surface area (Å²) in [6.07, 6.45) is 13.4. The number of rotatable bonds is 25. The highest BCUT2D eigenvalue weighted by molar-refractivity contribution is 5.97. The zero-order valence-corrected chi connectivity index (χ0v) is 39.8. The highest BCUT2D eigenvalue weighted by Crippen LogP contribution is 2.38. The first kappa shape index (κ1) is 55.5. The third-order valence-corrected chi connectivity index (χ3v) is 12.0. The lowest BCUT2D eigenvalue weighted by Gasteiger charge is -2.30. The number of likely N-dealkylation sites (N-methyl/N-ethyl adjacent to an activating group) is 2. The van der Waals surface area contributed by atoms with Gasteiger partial charge in [0.2, 0.25) is 35.4 Å². The molecule has 2 aromatic rings. The number of aliphatic hydroxyl groups excluding tert-OH is 2. The average molecular weight is 939 g/mol. The first-order valence-electron chi connectivity index (χ1n) is 23.6. The minimum atomic E-state index is -1.71. The van der Waals surface area contributed by atoms with Crippen molar-refractivity contribution in [2.75, 3.05) is 33.9 Å². The molecular weight excluding hydrogens is 865 g/mol. The van der Waals surface area contributed by atoms with Gasteiger partial charge in [0.15, 0.2) is 6.17 Å². The van der Waals surface area contributed by atoms with E-state index in [9.17, 15) is 54.0 Å². The van der Waals surface area contributed by atoms with E-state index < -0.39 is 85.0 Å². The van der Waals surface area contributed by atoms with E-state index in [0.29, 0.717) is 12.0 Å². The molecule has 19 nitrogen and oxygen atoms in total. The molecule has 2 aromatic carbocycles. The second-order valence-corrected chi connectivity index (χ2v) is 17.5. The second-order valence-electron chi connectivity index (χ2n) is 17.5. The van der Waals surface area contributed by atoms with Crippen LogP contribution in [0.4, 0.5) is 0 Å². The summed E-state index contributed by atoms with van der Waals surface area (Å²) in [6.45, 7) is 3.32. The maximum absolute atomic E-state index is 14.0. The van der Waals surface area contributed by atoms with Crippen molar-refractivity contribution in [3.8, 4) is 22.6 Å². The van der Waals surface area contributed by atoms with Crippen LogP contribution in [0.25, 0.3) is 11.1 Å². The number of nitrogens with one attached hydrogen (secondary N) is 5. The van der Waals surface area contributed by atoms with Gasteiger partial charge in [-0.15, -0.1) is 0 Å². The molecule has 67 heavy (non-hydrogen) atoms. The van der Waals surface area contributed by atoms with Gasteiger partial charge in [-0.05, 0) is 55.7 Å². The third kappa shape index (κ3) is 17.4. The summed E-state index contributed by atoms with van der Waals surface area (Å²) >= 11 is 0. The van der Waals surface area contributed by atoms with Crippen LogP contribution in [0.2, 0.25) is 0 Å². The number of fused-ring (bicyclic) bond motifs is 5. The summed E-state index contributed by atoms with van der Waals surface area (Å²) in [5.41, 5.74) is 6.77. The Balaban J connectivity index is 1.64. The Labute approximate surface area is 394 Å². The van der Waals surface area contributed by atoms with Gasteiger partial charge in [0.25, 0.3) is 5.91 Å². The first-order chi connectivity index (χ1) is 31.9. The van der Waals surface area contributed by atoms with Gasteiger partial charge in [-0.1, -0.05) is 96.1 Å². The molecule has 0 unspecified atom stereocenters. The third-order valence-electron chi connectivity index (χ3n) is 12.0. The van der Waals surface area contributed by atoms with Gasteiger partial charge < -0.3 is 62.5 Å². The molecule has 1 aliphatic heterocycles. The van der Waals surface area contributed by atoms with Crippen molar-refractivity contribution in [1.82, 2.24) is 36.4 Å². The minimum absolute atomic E-state index is 0.0681. The number of benzene rings is 2. The first-order valence-corrected chi connectivity index (χ1v) is 23.6. The van der Waals surface area contributed by atoms with Crippen LogP contribution in [0, 0.1) is 0 Å². The standard InChI is InChI=1S/C48H74N8O11/c1-6-7-8-9-10-11-12-13-14-15-16-17-18-19-40(61)55(4)37(29-58)46(65)54-43(49)48(67)50-27-41(62)56(5)42-33-21-23-39(60)35(26-33)34-24-32(20-22-38(34)59)25-36(45(64)51-30(2)28-57)53-44(63)31(3)52-47(42)66/h20-24,26,30-31,36-37,42-43,57-60H,6-19,25,27-29,49H2,1-5H3,(H,50,67)(H,51,64)(H,52,66)(H,53,63)(H,54,65)/t30-,31-,36-,37+,42-,43-/m0/s1. The molecule has 372 valence electrons. The number of phenols is 2. The van der Waals surface area contributed by atoms with Gasteiger partial charge in [0, 0.05) is 44.1 Å². The van der Waals surface area contributed by atoms with Crippen LogP contribution >= 0.6 is 0 Å². The van der Waals surface area contributed by atoms with E-state index in [0.717, 1.165) is 35.5 Å². The summed E-state index contributed by atoms with van der Waals surface area (Å²) in [6, 6.07) is 2.47. The second kappa shape index (κ2) is 28.4. The van der Waals surface area contributed by atoms with Crippen molar-refractivity contribution in [2.45, 2.75) is 153 Å². The van der Waals surface area contributed by atoms with Crippen LogP contribution in [0.15, 0.2) is 36.4 Å². The van der Waals surface area contributed by atoms with Crippen molar-refractivity contribution in [3.05, 3.63) is 47.5 Å². The fourth-order valence-electron chi connectivity index (χ4n) is 7.79. The molecule has 0 saturated heterocycles. The molecule has 0 aliphatic carbocycles. The summed E-state index contributed by atoms with van der Waals surface area (Å²) in [5, 5.41) is 53.8. The van der Waals surface area contributed by atoms with E-state index >= 15 is 0 Å². The smallest absolute Gasteiger partial charge is 0.257 e. The maximum atomic E-state index is 14.0. The number of nitrogens with zero attached hydrogens (tertiary/aromatic N) is 2. The molecule has 11 N–H and O–H groups in total. The number of carbonyl (C=O) groups excluding carboxylic acids is 7. The van der Waals surface area contributed by atoms with Crippen molar-refractivity contribution in [3.63, 3.8) is 0 Å². The van der Waals surface area contributed by atoms with Gasteiger partial charge in [-0.2, -0.15) is 0 Å². The number of nitrogens with two attached hydrogens (primary N) is 1. The molecule has 4 bridgehead atoms. The molecule has 19 heteroatoms. The summed E-state index contributed by atoms with van der Waals surface area (Å²) in [5.74, 6) is -5.87. The number of aliphatic hydroxyl groups is 2. The lowest BCUT2D eigenvalue weighted by molar-refractivity contribution is -0.142. The van der Waals surface area contributed by atoms with Crippen LogP contribution in [0.1, 0.15) is 128 Å². The van der Waals surface area contributed by atoms with Crippen LogP contribution in [0.5, 0.6) is 11.5 Å². The molecule has 0 spiro atoms. The molecule has 3 rings (SSSR count). The van der Waals surface area contributed by atoms with Gasteiger partial charge in [0.1, 0.15) is 35.7 Å². The number of amides is 7. The normalized spacial score (nSPS) is 17.4. The Kier molecular flexibility index (Phi) is 23.5. The summed E-state index contributed by atoms with van der Waals surface area (Å²) < 4.78 is 0. The van der Waals surface area contributed by atoms with E-state index in [2.05, 4.69) is 33.5 Å². The number of aromatic hydroxyl groups is 2. The monoisotopic (exact) mass is 939 g/mol. The van der Waals surface area contributed by atoms with Gasteiger partial charge in [0.05, 0.1) is 19.8 Å². The Hall–Kier alpha value is -5.79. The topological polar surface area (TPSA) is 293 Å². The van der Waals surface area contributed by atoms with Crippen LogP contribution in [-0.2, 0) is 40.0 Å². The predicted molar refractivity (Wildman–Crippen MR) is 252 cm³/mol. The Morgan fingerprint density at radius 1 is 0.746 bits per heavy atom. The van der Waals surface area contributed by atoms with Crippen LogP contribution < -0.4 is 32.3 Å². The number of hydrogen-bond donors (Lipinski definition) is 10. The molecule has 0 radical (unpaired) electrons. The molecule has 1 aliphatic rings. The zero-order valence-electron chi connectivity index (χ0n) is 39.8. The van der Waals surface area contributed by atoms with Crippen LogP contribution in [0.3, 0.4) is 0 Å². The van der Waals surface area contributed by atoms with E-state index in [1.807, 2.05) is 0 Å². The zero-order chi connectivity index (χ0) is 49.6. The number of phenolic OH excluding ortho intramolecular Hbond substituents is 2. The van der Waals surface area contributed by atoms with Crippen molar-refractivity contribution in [2.24, 2.45) is 5.73 Å².